The molecule has 1 aromatic heterocycles. The summed E-state index contributed by atoms with van der Waals surface area (Å²) < 4.78 is 12.1. The Hall–Kier alpha value is -3.72. The van der Waals surface area contributed by atoms with Gasteiger partial charge < -0.3 is 24.3 Å². The van der Waals surface area contributed by atoms with Gasteiger partial charge in [0.25, 0.3) is 11.5 Å². The number of morpholine rings is 1. The van der Waals surface area contributed by atoms with Crippen molar-refractivity contribution in [2.75, 3.05) is 43.1 Å². The van der Waals surface area contributed by atoms with Gasteiger partial charge in [0.1, 0.15) is 5.69 Å². The number of anilines is 2. The average molecular weight is 450 g/mol. The number of ether oxygens (including phenoxy) is 2. The predicted molar refractivity (Wildman–Crippen MR) is 125 cm³/mol. The van der Waals surface area contributed by atoms with Gasteiger partial charge in [-0.1, -0.05) is 0 Å². The number of amides is 1. The second kappa shape index (κ2) is 9.83. The number of aryl methyl sites for hydroxylation is 2. The van der Waals surface area contributed by atoms with Crippen molar-refractivity contribution in [3.05, 3.63) is 64.1 Å². The van der Waals surface area contributed by atoms with Crippen molar-refractivity contribution >= 4 is 34.3 Å². The fourth-order valence-corrected chi connectivity index (χ4v) is 3.80. The van der Waals surface area contributed by atoms with E-state index in [1.165, 1.54) is 0 Å². The molecule has 1 aliphatic heterocycles. The Morgan fingerprint density at radius 1 is 1.12 bits per heavy atom. The van der Waals surface area contributed by atoms with Crippen LogP contribution in [-0.2, 0) is 20.8 Å². The maximum absolute atomic E-state index is 12.5. The molecule has 0 bridgehead atoms. The standard InChI is InChI=1S/C24H26N4O5/c1-3-28-21-9-4-17(14-20(21)25-16(2)23(28)30)24(31)33-15-22(29)26-18-5-7-19(8-6-18)27-10-12-32-13-11-27/h4-9,14H,3,10-13,15H2,1-2H3,(H,26,29). The number of fused-ring (bicyclic) bond motifs is 1. The van der Waals surface area contributed by atoms with Crippen LogP contribution in [0.5, 0.6) is 0 Å². The lowest BCUT2D eigenvalue weighted by molar-refractivity contribution is -0.119. The molecule has 1 fully saturated rings. The van der Waals surface area contributed by atoms with Gasteiger partial charge in [0.05, 0.1) is 29.8 Å². The molecule has 1 amide bonds. The molecule has 9 heteroatoms. The van der Waals surface area contributed by atoms with Crippen LogP contribution >= 0.6 is 0 Å². The van der Waals surface area contributed by atoms with Crippen LogP contribution in [0, 0.1) is 6.92 Å². The van der Waals surface area contributed by atoms with Gasteiger partial charge >= 0.3 is 5.97 Å². The Morgan fingerprint density at radius 2 is 1.85 bits per heavy atom. The molecule has 4 rings (SSSR count). The summed E-state index contributed by atoms with van der Waals surface area (Å²) in [6.45, 7) is 6.67. The Kier molecular flexibility index (Phi) is 6.69. The third-order valence-electron chi connectivity index (χ3n) is 5.52. The van der Waals surface area contributed by atoms with Crippen LogP contribution in [0.15, 0.2) is 47.3 Å². The van der Waals surface area contributed by atoms with Crippen LogP contribution in [0.25, 0.3) is 11.0 Å². The minimum atomic E-state index is -0.636. The quantitative estimate of drug-likeness (QED) is 0.575. The van der Waals surface area contributed by atoms with Gasteiger partial charge in [-0.3, -0.25) is 9.59 Å². The first-order chi connectivity index (χ1) is 16.0. The summed E-state index contributed by atoms with van der Waals surface area (Å²) in [4.78, 5) is 43.4. The summed E-state index contributed by atoms with van der Waals surface area (Å²) >= 11 is 0. The number of hydrogen-bond donors (Lipinski definition) is 1. The molecule has 0 saturated carbocycles. The van der Waals surface area contributed by atoms with E-state index in [4.69, 9.17) is 9.47 Å². The monoisotopic (exact) mass is 450 g/mol. The molecule has 0 spiro atoms. The molecule has 1 aliphatic rings. The first-order valence-corrected chi connectivity index (χ1v) is 10.9. The molecular weight excluding hydrogens is 424 g/mol. The predicted octanol–water partition coefficient (Wildman–Crippen LogP) is 2.36. The van der Waals surface area contributed by atoms with Crippen molar-refractivity contribution in [1.82, 2.24) is 9.55 Å². The van der Waals surface area contributed by atoms with Crippen molar-refractivity contribution < 1.29 is 19.1 Å². The Bertz CT molecular complexity index is 1230. The molecule has 0 unspecified atom stereocenters. The van der Waals surface area contributed by atoms with Crippen molar-refractivity contribution in [3.8, 4) is 0 Å². The van der Waals surface area contributed by atoms with E-state index in [0.717, 1.165) is 18.8 Å². The second-order valence-electron chi connectivity index (χ2n) is 7.72. The average Bonchev–Trinajstić information content (AvgIpc) is 2.84. The highest BCUT2D eigenvalue weighted by Gasteiger charge is 2.15. The van der Waals surface area contributed by atoms with Crippen molar-refractivity contribution in [2.45, 2.75) is 20.4 Å². The highest BCUT2D eigenvalue weighted by atomic mass is 16.5. The van der Waals surface area contributed by atoms with E-state index in [0.29, 0.717) is 42.2 Å². The van der Waals surface area contributed by atoms with Crippen molar-refractivity contribution in [1.29, 1.82) is 0 Å². The zero-order valence-corrected chi connectivity index (χ0v) is 18.7. The third kappa shape index (κ3) is 5.04. The minimum absolute atomic E-state index is 0.157. The molecule has 0 aliphatic carbocycles. The molecule has 2 aromatic carbocycles. The van der Waals surface area contributed by atoms with Gasteiger partial charge in [-0.2, -0.15) is 0 Å². The van der Waals surface area contributed by atoms with E-state index in [9.17, 15) is 14.4 Å². The third-order valence-corrected chi connectivity index (χ3v) is 5.52. The number of carbonyl (C=O) groups is 2. The smallest absolute Gasteiger partial charge is 0.338 e. The van der Waals surface area contributed by atoms with Crippen LogP contribution in [0.4, 0.5) is 11.4 Å². The van der Waals surface area contributed by atoms with Crippen LogP contribution in [0.3, 0.4) is 0 Å². The number of nitrogens with one attached hydrogen (secondary N) is 1. The van der Waals surface area contributed by atoms with Gasteiger partial charge in [-0.05, 0) is 56.3 Å². The number of carbonyl (C=O) groups excluding carboxylic acids is 2. The molecule has 172 valence electrons. The van der Waals surface area contributed by atoms with Gasteiger partial charge in [-0.25, -0.2) is 9.78 Å². The Balaban J connectivity index is 1.36. The lowest BCUT2D eigenvalue weighted by Crippen LogP contribution is -2.36. The summed E-state index contributed by atoms with van der Waals surface area (Å²) in [6, 6.07) is 12.3. The molecule has 2 heterocycles. The molecule has 0 radical (unpaired) electrons. The van der Waals surface area contributed by atoms with Crippen LogP contribution in [0.1, 0.15) is 23.0 Å². The second-order valence-corrected chi connectivity index (χ2v) is 7.72. The zero-order valence-electron chi connectivity index (χ0n) is 18.7. The summed E-state index contributed by atoms with van der Waals surface area (Å²) in [5.74, 6) is -1.07. The number of benzene rings is 2. The van der Waals surface area contributed by atoms with E-state index >= 15 is 0 Å². The molecule has 0 atom stereocenters. The van der Waals surface area contributed by atoms with Gasteiger partial charge in [0.2, 0.25) is 0 Å². The van der Waals surface area contributed by atoms with Gasteiger partial charge in [-0.15, -0.1) is 0 Å². The summed E-state index contributed by atoms with van der Waals surface area (Å²) in [7, 11) is 0. The van der Waals surface area contributed by atoms with Crippen LogP contribution in [-0.4, -0.2) is 54.3 Å². The first-order valence-electron chi connectivity index (χ1n) is 10.9. The number of esters is 1. The normalized spacial score (nSPS) is 13.7. The number of nitrogens with zero attached hydrogens (tertiary/aromatic N) is 3. The summed E-state index contributed by atoms with van der Waals surface area (Å²) in [6.07, 6.45) is 0. The molecule has 1 N–H and O–H groups in total. The summed E-state index contributed by atoms with van der Waals surface area (Å²) in [5, 5.41) is 2.73. The van der Waals surface area contributed by atoms with E-state index in [2.05, 4.69) is 15.2 Å². The highest BCUT2D eigenvalue weighted by Crippen LogP contribution is 2.19. The molecule has 9 nitrogen and oxygen atoms in total. The number of hydrogen-bond acceptors (Lipinski definition) is 7. The molecule has 3 aromatic rings. The van der Waals surface area contributed by atoms with Crippen LogP contribution < -0.4 is 15.8 Å². The molecule has 33 heavy (non-hydrogen) atoms. The lowest BCUT2D eigenvalue weighted by atomic mass is 10.2. The van der Waals surface area contributed by atoms with Gasteiger partial charge in [0, 0.05) is 31.0 Å². The Labute approximate surface area is 190 Å². The zero-order chi connectivity index (χ0) is 23.4. The largest absolute Gasteiger partial charge is 0.452 e. The first kappa shape index (κ1) is 22.5. The minimum Gasteiger partial charge on any atom is -0.452 e. The number of rotatable bonds is 6. The SMILES string of the molecule is CCn1c(=O)c(C)nc2cc(C(=O)OCC(=O)Nc3ccc(N4CCOCC4)cc3)ccc21. The lowest BCUT2D eigenvalue weighted by Gasteiger charge is -2.28. The van der Waals surface area contributed by atoms with Crippen molar-refractivity contribution in [3.63, 3.8) is 0 Å². The Morgan fingerprint density at radius 3 is 2.55 bits per heavy atom. The maximum Gasteiger partial charge on any atom is 0.338 e. The molecule has 1 saturated heterocycles. The fourth-order valence-electron chi connectivity index (χ4n) is 3.80. The van der Waals surface area contributed by atoms with Crippen LogP contribution in [0.2, 0.25) is 0 Å². The fraction of sp³-hybridized carbons (Fsp3) is 0.333. The van der Waals surface area contributed by atoms with E-state index in [1.807, 2.05) is 31.2 Å². The van der Waals surface area contributed by atoms with E-state index in [1.54, 1.807) is 29.7 Å². The summed E-state index contributed by atoms with van der Waals surface area (Å²) in [5.41, 5.74) is 3.31. The molecular formula is C24H26N4O5. The number of aromatic nitrogens is 2. The van der Waals surface area contributed by atoms with E-state index in [-0.39, 0.29) is 11.1 Å². The van der Waals surface area contributed by atoms with E-state index < -0.39 is 18.5 Å². The van der Waals surface area contributed by atoms with Crippen molar-refractivity contribution in [2.24, 2.45) is 0 Å². The maximum atomic E-state index is 12.5. The topological polar surface area (TPSA) is 103 Å². The van der Waals surface area contributed by atoms with Gasteiger partial charge in [0.15, 0.2) is 6.61 Å². The highest BCUT2D eigenvalue weighted by molar-refractivity contribution is 5.97.